The molecule has 2 amide bonds. The van der Waals surface area contributed by atoms with Gasteiger partial charge in [-0.3, -0.25) is 0 Å². The van der Waals surface area contributed by atoms with Crippen molar-refractivity contribution in [2.24, 2.45) is 0 Å². The third kappa shape index (κ3) is 5.45. The molecule has 0 aromatic heterocycles. The van der Waals surface area contributed by atoms with Gasteiger partial charge in [0, 0.05) is 23.7 Å². The molecule has 0 saturated carbocycles. The second kappa shape index (κ2) is 7.67. The molecule has 1 atom stereocenters. The van der Waals surface area contributed by atoms with E-state index in [0.29, 0.717) is 17.1 Å². The smallest absolute Gasteiger partial charge is 0.319 e. The summed E-state index contributed by atoms with van der Waals surface area (Å²) in [5, 5.41) is 15.8. The van der Waals surface area contributed by atoms with Crippen LogP contribution in [0, 0.1) is 0 Å². The Morgan fingerprint density at radius 1 is 1.10 bits per heavy atom. The summed E-state index contributed by atoms with van der Waals surface area (Å²) >= 11 is 5.77. The van der Waals surface area contributed by atoms with Gasteiger partial charge in [0.15, 0.2) is 0 Å². The number of halogens is 1. The van der Waals surface area contributed by atoms with Gasteiger partial charge in [0.1, 0.15) is 0 Å². The van der Waals surface area contributed by atoms with Crippen LogP contribution in [0.25, 0.3) is 0 Å². The molecule has 5 heteroatoms. The van der Waals surface area contributed by atoms with Gasteiger partial charge in [-0.2, -0.15) is 0 Å². The molecule has 1 unspecified atom stereocenters. The fraction of sp³-hybridized carbons (Fsp3) is 0.188. The van der Waals surface area contributed by atoms with Crippen molar-refractivity contribution in [3.63, 3.8) is 0 Å². The highest BCUT2D eigenvalue weighted by molar-refractivity contribution is 6.30. The van der Waals surface area contributed by atoms with Crippen molar-refractivity contribution >= 4 is 23.3 Å². The second-order valence-corrected chi connectivity index (χ2v) is 5.12. The summed E-state index contributed by atoms with van der Waals surface area (Å²) in [6.07, 6.45) is -0.120. The third-order valence-corrected chi connectivity index (χ3v) is 3.17. The lowest BCUT2D eigenvalue weighted by Crippen LogP contribution is -2.36. The maximum atomic E-state index is 11.7. The summed E-state index contributed by atoms with van der Waals surface area (Å²) in [5.74, 6) is 0. The number of nitrogens with one attached hydrogen (secondary N) is 2. The van der Waals surface area contributed by atoms with Gasteiger partial charge < -0.3 is 15.7 Å². The largest absolute Gasteiger partial charge is 0.391 e. The zero-order chi connectivity index (χ0) is 15.1. The van der Waals surface area contributed by atoms with Gasteiger partial charge in [0.05, 0.1) is 6.10 Å². The van der Waals surface area contributed by atoms with E-state index < -0.39 is 6.10 Å². The van der Waals surface area contributed by atoms with E-state index in [1.54, 1.807) is 24.3 Å². The minimum Gasteiger partial charge on any atom is -0.391 e. The van der Waals surface area contributed by atoms with E-state index in [1.165, 1.54) is 0 Å². The number of anilines is 1. The van der Waals surface area contributed by atoms with E-state index in [9.17, 15) is 9.90 Å². The number of carbonyl (C=O) groups is 1. The van der Waals surface area contributed by atoms with Gasteiger partial charge >= 0.3 is 6.03 Å². The van der Waals surface area contributed by atoms with Crippen LogP contribution in [0.15, 0.2) is 54.6 Å². The number of rotatable bonds is 5. The molecule has 110 valence electrons. The second-order valence-electron chi connectivity index (χ2n) is 4.69. The van der Waals surface area contributed by atoms with Crippen LogP contribution in [0.3, 0.4) is 0 Å². The fourth-order valence-electron chi connectivity index (χ4n) is 1.88. The van der Waals surface area contributed by atoms with E-state index in [0.717, 1.165) is 5.56 Å². The van der Waals surface area contributed by atoms with Crippen molar-refractivity contribution in [1.82, 2.24) is 5.32 Å². The standard InChI is InChI=1S/C16H17ClN2O2/c17-13-6-8-14(9-7-13)19-16(21)18-11-15(20)10-12-4-2-1-3-5-12/h1-9,15,20H,10-11H2,(H2,18,19,21). The first-order valence-electron chi connectivity index (χ1n) is 6.66. The van der Waals surface area contributed by atoms with Crippen LogP contribution in [0.1, 0.15) is 5.56 Å². The molecule has 4 nitrogen and oxygen atoms in total. The van der Waals surface area contributed by atoms with Gasteiger partial charge in [-0.1, -0.05) is 41.9 Å². The van der Waals surface area contributed by atoms with Crippen LogP contribution < -0.4 is 10.6 Å². The minimum absolute atomic E-state index is 0.189. The monoisotopic (exact) mass is 304 g/mol. The van der Waals surface area contributed by atoms with Gasteiger partial charge in [-0.15, -0.1) is 0 Å². The highest BCUT2D eigenvalue weighted by Gasteiger charge is 2.08. The Balaban J connectivity index is 1.74. The van der Waals surface area contributed by atoms with Crippen LogP contribution in [-0.4, -0.2) is 23.8 Å². The predicted octanol–water partition coefficient (Wildman–Crippen LogP) is 3.07. The lowest BCUT2D eigenvalue weighted by atomic mass is 10.1. The van der Waals surface area contributed by atoms with Gasteiger partial charge in [-0.05, 0) is 29.8 Å². The van der Waals surface area contributed by atoms with Gasteiger partial charge in [0.2, 0.25) is 0 Å². The Labute approximate surface area is 128 Å². The number of benzene rings is 2. The molecule has 2 rings (SSSR count). The van der Waals surface area contributed by atoms with E-state index in [2.05, 4.69) is 10.6 Å². The topological polar surface area (TPSA) is 61.4 Å². The molecule has 0 saturated heterocycles. The zero-order valence-electron chi connectivity index (χ0n) is 11.4. The van der Waals surface area contributed by atoms with Crippen LogP contribution in [0.2, 0.25) is 5.02 Å². The Kier molecular flexibility index (Phi) is 5.60. The van der Waals surface area contributed by atoms with Crippen LogP contribution in [0.5, 0.6) is 0 Å². The molecule has 0 aliphatic rings. The first kappa shape index (κ1) is 15.4. The van der Waals surface area contributed by atoms with E-state index in [1.807, 2.05) is 30.3 Å². The van der Waals surface area contributed by atoms with Gasteiger partial charge in [0.25, 0.3) is 0 Å². The molecule has 2 aromatic carbocycles. The summed E-state index contributed by atoms with van der Waals surface area (Å²) in [6, 6.07) is 16.1. The first-order chi connectivity index (χ1) is 10.1. The summed E-state index contributed by atoms with van der Waals surface area (Å²) in [5.41, 5.74) is 1.68. The maximum absolute atomic E-state index is 11.7. The highest BCUT2D eigenvalue weighted by atomic mass is 35.5. The molecular formula is C16H17ClN2O2. The Morgan fingerprint density at radius 2 is 1.76 bits per heavy atom. The first-order valence-corrected chi connectivity index (χ1v) is 7.03. The Hall–Kier alpha value is -2.04. The molecule has 0 radical (unpaired) electrons. The summed E-state index contributed by atoms with van der Waals surface area (Å²) < 4.78 is 0. The summed E-state index contributed by atoms with van der Waals surface area (Å²) in [4.78, 5) is 11.7. The molecule has 0 fully saturated rings. The number of amides is 2. The van der Waals surface area contributed by atoms with Crippen LogP contribution in [-0.2, 0) is 6.42 Å². The quantitative estimate of drug-likeness (QED) is 0.795. The molecule has 21 heavy (non-hydrogen) atoms. The fourth-order valence-corrected chi connectivity index (χ4v) is 2.00. The number of hydrogen-bond donors (Lipinski definition) is 3. The SMILES string of the molecule is O=C(NCC(O)Cc1ccccc1)Nc1ccc(Cl)cc1. The molecule has 0 aliphatic carbocycles. The predicted molar refractivity (Wildman–Crippen MR) is 84.6 cm³/mol. The molecule has 0 spiro atoms. The van der Waals surface area contributed by atoms with Crippen molar-refractivity contribution in [2.45, 2.75) is 12.5 Å². The number of aliphatic hydroxyl groups is 1. The van der Waals surface area contributed by atoms with Crippen molar-refractivity contribution in [1.29, 1.82) is 0 Å². The van der Waals surface area contributed by atoms with Crippen molar-refractivity contribution in [2.75, 3.05) is 11.9 Å². The Bertz CT molecular complexity index is 573. The summed E-state index contributed by atoms with van der Waals surface area (Å²) in [7, 11) is 0. The van der Waals surface area contributed by atoms with Crippen molar-refractivity contribution < 1.29 is 9.90 Å². The molecule has 0 bridgehead atoms. The Morgan fingerprint density at radius 3 is 2.43 bits per heavy atom. The van der Waals surface area contributed by atoms with Crippen molar-refractivity contribution in [3.8, 4) is 0 Å². The average molecular weight is 305 g/mol. The molecule has 3 N–H and O–H groups in total. The molecule has 0 aliphatic heterocycles. The third-order valence-electron chi connectivity index (χ3n) is 2.91. The average Bonchev–Trinajstić information content (AvgIpc) is 2.49. The van der Waals surface area contributed by atoms with Crippen LogP contribution in [0.4, 0.5) is 10.5 Å². The number of carbonyl (C=O) groups excluding carboxylic acids is 1. The number of aliphatic hydroxyl groups excluding tert-OH is 1. The lowest BCUT2D eigenvalue weighted by molar-refractivity contribution is 0.172. The molecule has 2 aromatic rings. The zero-order valence-corrected chi connectivity index (χ0v) is 12.2. The van der Waals surface area contributed by atoms with Crippen molar-refractivity contribution in [3.05, 3.63) is 65.2 Å². The van der Waals surface area contributed by atoms with Gasteiger partial charge in [-0.25, -0.2) is 4.79 Å². The lowest BCUT2D eigenvalue weighted by Gasteiger charge is -2.12. The van der Waals surface area contributed by atoms with E-state index in [4.69, 9.17) is 11.6 Å². The number of hydrogen-bond acceptors (Lipinski definition) is 2. The van der Waals surface area contributed by atoms with E-state index in [-0.39, 0.29) is 12.6 Å². The molecular weight excluding hydrogens is 288 g/mol. The molecule has 0 heterocycles. The normalized spacial score (nSPS) is 11.7. The summed E-state index contributed by atoms with van der Waals surface area (Å²) in [6.45, 7) is 0.189. The minimum atomic E-state index is -0.622. The van der Waals surface area contributed by atoms with E-state index >= 15 is 0 Å². The highest BCUT2D eigenvalue weighted by Crippen LogP contribution is 2.13. The van der Waals surface area contributed by atoms with Crippen LogP contribution >= 0.6 is 11.6 Å². The number of urea groups is 1. The maximum Gasteiger partial charge on any atom is 0.319 e.